The predicted molar refractivity (Wildman–Crippen MR) is 111 cm³/mol. The van der Waals surface area contributed by atoms with Gasteiger partial charge in [-0.15, -0.1) is 0 Å². The van der Waals surface area contributed by atoms with Crippen LogP contribution in [0.25, 0.3) is 0 Å². The van der Waals surface area contributed by atoms with Crippen LogP contribution in [0.1, 0.15) is 47.4 Å². The lowest BCUT2D eigenvalue weighted by molar-refractivity contribution is -0.133. The molecule has 2 heterocycles. The van der Waals surface area contributed by atoms with Crippen LogP contribution in [0, 0.1) is 18.8 Å². The Bertz CT molecular complexity index is 846. The van der Waals surface area contributed by atoms with Crippen molar-refractivity contribution in [1.82, 2.24) is 19.8 Å². The molecule has 1 aromatic heterocycles. The second kappa shape index (κ2) is 8.80. The number of carbonyl (C=O) groups is 2. The number of benzene rings is 1. The van der Waals surface area contributed by atoms with Gasteiger partial charge in [-0.25, -0.2) is 4.98 Å². The second-order valence-electron chi connectivity index (χ2n) is 8.37. The Morgan fingerprint density at radius 3 is 2.45 bits per heavy atom. The minimum absolute atomic E-state index is 0.0405. The van der Waals surface area contributed by atoms with Gasteiger partial charge >= 0.3 is 0 Å². The van der Waals surface area contributed by atoms with Gasteiger partial charge in [-0.1, -0.05) is 12.1 Å². The first-order valence-corrected chi connectivity index (χ1v) is 10.7. The maximum atomic E-state index is 12.3. The van der Waals surface area contributed by atoms with Crippen LogP contribution in [-0.2, 0) is 17.8 Å². The van der Waals surface area contributed by atoms with Crippen molar-refractivity contribution >= 4 is 11.8 Å². The lowest BCUT2D eigenvalue weighted by Crippen LogP contribution is -2.39. The van der Waals surface area contributed by atoms with Gasteiger partial charge in [-0.3, -0.25) is 9.59 Å². The SMILES string of the molecule is Cc1nccn1CCNC(=O)c1ccc(CC2CCN(C(=O)C3CC3)CC2)cc1. The van der Waals surface area contributed by atoms with Crippen LogP contribution in [0.5, 0.6) is 0 Å². The average molecular weight is 395 g/mol. The molecular formula is C23H30N4O2. The van der Waals surface area contributed by atoms with E-state index in [2.05, 4.69) is 27.3 Å². The van der Waals surface area contributed by atoms with Crippen LogP contribution < -0.4 is 5.32 Å². The molecular weight excluding hydrogens is 364 g/mol. The molecule has 1 saturated carbocycles. The Balaban J connectivity index is 1.21. The fourth-order valence-corrected chi connectivity index (χ4v) is 4.10. The number of nitrogens with zero attached hydrogens (tertiary/aromatic N) is 3. The molecule has 1 aromatic carbocycles. The van der Waals surface area contributed by atoms with Crippen molar-refractivity contribution in [2.45, 2.75) is 45.6 Å². The zero-order valence-corrected chi connectivity index (χ0v) is 17.1. The van der Waals surface area contributed by atoms with E-state index in [1.807, 2.05) is 29.8 Å². The van der Waals surface area contributed by atoms with Crippen molar-refractivity contribution < 1.29 is 9.59 Å². The van der Waals surface area contributed by atoms with E-state index in [-0.39, 0.29) is 5.91 Å². The smallest absolute Gasteiger partial charge is 0.251 e. The normalized spacial score (nSPS) is 17.3. The molecule has 1 aliphatic heterocycles. The first kappa shape index (κ1) is 19.7. The minimum Gasteiger partial charge on any atom is -0.350 e. The summed E-state index contributed by atoms with van der Waals surface area (Å²) < 4.78 is 2.02. The van der Waals surface area contributed by atoms with E-state index in [0.29, 0.717) is 29.9 Å². The number of piperidine rings is 1. The van der Waals surface area contributed by atoms with E-state index in [4.69, 9.17) is 0 Å². The van der Waals surface area contributed by atoms with Crippen LogP contribution in [0.2, 0.25) is 0 Å². The van der Waals surface area contributed by atoms with Crippen LogP contribution in [0.3, 0.4) is 0 Å². The molecule has 154 valence electrons. The molecule has 1 saturated heterocycles. The molecule has 6 heteroatoms. The molecule has 2 aromatic rings. The van der Waals surface area contributed by atoms with Gasteiger partial charge in [0.15, 0.2) is 0 Å². The van der Waals surface area contributed by atoms with Crippen molar-refractivity contribution in [2.24, 2.45) is 11.8 Å². The molecule has 0 unspecified atom stereocenters. The molecule has 2 fully saturated rings. The molecule has 0 bridgehead atoms. The van der Waals surface area contributed by atoms with Gasteiger partial charge in [-0.2, -0.15) is 0 Å². The average Bonchev–Trinajstić information content (AvgIpc) is 3.51. The number of amides is 2. The highest BCUT2D eigenvalue weighted by atomic mass is 16.2. The number of imidazole rings is 1. The maximum Gasteiger partial charge on any atom is 0.251 e. The van der Waals surface area contributed by atoms with Crippen LogP contribution >= 0.6 is 0 Å². The number of hydrogen-bond donors (Lipinski definition) is 1. The first-order valence-electron chi connectivity index (χ1n) is 10.7. The third-order valence-corrected chi connectivity index (χ3v) is 6.16. The number of aromatic nitrogens is 2. The summed E-state index contributed by atoms with van der Waals surface area (Å²) in [7, 11) is 0. The van der Waals surface area contributed by atoms with Gasteiger partial charge < -0.3 is 14.8 Å². The molecule has 29 heavy (non-hydrogen) atoms. The summed E-state index contributed by atoms with van der Waals surface area (Å²) in [6.07, 6.45) is 9.03. The molecule has 1 N–H and O–H groups in total. The fourth-order valence-electron chi connectivity index (χ4n) is 4.10. The fraction of sp³-hybridized carbons (Fsp3) is 0.522. The summed E-state index contributed by atoms with van der Waals surface area (Å²) in [5.41, 5.74) is 1.96. The van der Waals surface area contributed by atoms with E-state index in [0.717, 1.165) is 57.6 Å². The lowest BCUT2D eigenvalue weighted by atomic mass is 9.89. The summed E-state index contributed by atoms with van der Waals surface area (Å²) >= 11 is 0. The quantitative estimate of drug-likeness (QED) is 0.785. The van der Waals surface area contributed by atoms with E-state index >= 15 is 0 Å². The largest absolute Gasteiger partial charge is 0.350 e. The number of likely N-dealkylation sites (tertiary alicyclic amines) is 1. The van der Waals surface area contributed by atoms with E-state index < -0.39 is 0 Å². The van der Waals surface area contributed by atoms with Crippen molar-refractivity contribution in [2.75, 3.05) is 19.6 Å². The van der Waals surface area contributed by atoms with Crippen molar-refractivity contribution in [1.29, 1.82) is 0 Å². The third kappa shape index (κ3) is 5.05. The molecule has 0 spiro atoms. The first-order chi connectivity index (χ1) is 14.1. The van der Waals surface area contributed by atoms with Gasteiger partial charge in [0.1, 0.15) is 5.82 Å². The molecule has 1 aliphatic carbocycles. The molecule has 6 nitrogen and oxygen atoms in total. The van der Waals surface area contributed by atoms with Crippen LogP contribution in [-0.4, -0.2) is 45.9 Å². The second-order valence-corrected chi connectivity index (χ2v) is 8.37. The highest BCUT2D eigenvalue weighted by Gasteiger charge is 2.34. The summed E-state index contributed by atoms with van der Waals surface area (Å²) in [5, 5.41) is 2.97. The van der Waals surface area contributed by atoms with Crippen LogP contribution in [0.4, 0.5) is 0 Å². The lowest BCUT2D eigenvalue weighted by Gasteiger charge is -2.32. The topological polar surface area (TPSA) is 67.2 Å². The van der Waals surface area contributed by atoms with E-state index in [1.54, 1.807) is 6.20 Å². The summed E-state index contributed by atoms with van der Waals surface area (Å²) in [6.45, 7) is 5.05. The van der Waals surface area contributed by atoms with Crippen molar-refractivity contribution in [3.8, 4) is 0 Å². The molecule has 0 radical (unpaired) electrons. The van der Waals surface area contributed by atoms with Gasteiger partial charge in [-0.05, 0) is 62.6 Å². The van der Waals surface area contributed by atoms with Crippen molar-refractivity contribution in [3.63, 3.8) is 0 Å². The molecule has 2 amide bonds. The summed E-state index contributed by atoms with van der Waals surface area (Å²) in [4.78, 5) is 30.8. The number of nitrogens with one attached hydrogen (secondary N) is 1. The van der Waals surface area contributed by atoms with Gasteiger partial charge in [0, 0.05) is 50.1 Å². The van der Waals surface area contributed by atoms with E-state index in [1.165, 1.54) is 5.56 Å². The number of hydrogen-bond acceptors (Lipinski definition) is 3. The maximum absolute atomic E-state index is 12.3. The van der Waals surface area contributed by atoms with Gasteiger partial charge in [0.05, 0.1) is 0 Å². The molecule has 0 atom stereocenters. The minimum atomic E-state index is -0.0405. The number of aryl methyl sites for hydroxylation is 1. The monoisotopic (exact) mass is 394 g/mol. The Labute approximate surface area is 172 Å². The Kier molecular flexibility index (Phi) is 5.97. The Morgan fingerprint density at radius 1 is 1.10 bits per heavy atom. The zero-order valence-electron chi connectivity index (χ0n) is 17.1. The third-order valence-electron chi connectivity index (χ3n) is 6.16. The van der Waals surface area contributed by atoms with E-state index in [9.17, 15) is 9.59 Å². The Hall–Kier alpha value is -2.63. The highest BCUT2D eigenvalue weighted by molar-refractivity contribution is 5.94. The van der Waals surface area contributed by atoms with Crippen LogP contribution in [0.15, 0.2) is 36.7 Å². The van der Waals surface area contributed by atoms with Gasteiger partial charge in [0.2, 0.25) is 5.91 Å². The molecule has 2 aliphatic rings. The summed E-state index contributed by atoms with van der Waals surface area (Å²) in [6, 6.07) is 7.96. The van der Waals surface area contributed by atoms with Gasteiger partial charge in [0.25, 0.3) is 5.91 Å². The summed E-state index contributed by atoms with van der Waals surface area (Å²) in [5.74, 6) is 2.24. The van der Waals surface area contributed by atoms with Crippen molar-refractivity contribution in [3.05, 3.63) is 53.6 Å². The standard InChI is InChI=1S/C23H30N4O2/c1-17-24-10-14-26(17)15-11-25-22(28)20-4-2-18(3-5-20)16-19-8-12-27(13-9-19)23(29)21-6-7-21/h2-5,10,14,19,21H,6-9,11-13,15-16H2,1H3,(H,25,28). The number of carbonyl (C=O) groups excluding carboxylic acids is 2. The highest BCUT2D eigenvalue weighted by Crippen LogP contribution is 2.32. The zero-order chi connectivity index (χ0) is 20.2. The number of rotatable bonds is 7. The predicted octanol–water partition coefficient (Wildman–Crippen LogP) is 2.81. The molecule has 4 rings (SSSR count). The Morgan fingerprint density at radius 2 is 1.83 bits per heavy atom.